The van der Waals surface area contributed by atoms with Crippen LogP contribution < -0.4 is 0 Å². The van der Waals surface area contributed by atoms with Gasteiger partial charge in [0.1, 0.15) is 11.0 Å². The van der Waals surface area contributed by atoms with Gasteiger partial charge in [0.2, 0.25) is 0 Å². The van der Waals surface area contributed by atoms with E-state index in [1.807, 2.05) is 6.07 Å². The van der Waals surface area contributed by atoms with Crippen LogP contribution in [0.3, 0.4) is 0 Å². The second kappa shape index (κ2) is 3.31. The van der Waals surface area contributed by atoms with Crippen LogP contribution in [0.15, 0.2) is 18.2 Å². The first-order valence-electron chi connectivity index (χ1n) is 4.87. The summed E-state index contributed by atoms with van der Waals surface area (Å²) in [4.78, 5) is 0. The summed E-state index contributed by atoms with van der Waals surface area (Å²) < 4.78 is 8.62. The molecule has 0 amide bonds. The molecule has 0 N–H and O–H groups in total. The molecule has 0 saturated carbocycles. The highest BCUT2D eigenvalue weighted by atomic mass is 32.1. The summed E-state index contributed by atoms with van der Waals surface area (Å²) in [5.74, 6) is 0. The molecule has 2 rings (SSSR count). The molecule has 0 spiro atoms. The van der Waals surface area contributed by atoms with Crippen LogP contribution in [-0.2, 0) is 5.41 Å². The van der Waals surface area contributed by atoms with Gasteiger partial charge < -0.3 is 0 Å². The highest BCUT2D eigenvalue weighted by molar-refractivity contribution is 7.00. The molecule has 0 saturated heterocycles. The lowest BCUT2D eigenvalue weighted by Gasteiger charge is -2.23. The molecule has 1 aromatic heterocycles. The van der Waals surface area contributed by atoms with E-state index < -0.39 is 0 Å². The molecule has 0 aliphatic heterocycles. The minimum Gasteiger partial charge on any atom is -0.173 e. The molecular weight excluding hydrogens is 192 g/mol. The molecule has 3 heteroatoms. The summed E-state index contributed by atoms with van der Waals surface area (Å²) >= 11 is 1.29. The van der Waals surface area contributed by atoms with Crippen molar-refractivity contribution in [2.45, 2.75) is 32.6 Å². The molecule has 74 valence electrons. The largest absolute Gasteiger partial charge is 0.173 e. The summed E-state index contributed by atoms with van der Waals surface area (Å²) in [6.45, 7) is 6.71. The van der Waals surface area contributed by atoms with Gasteiger partial charge in [-0.1, -0.05) is 32.9 Å². The average molecular weight is 206 g/mol. The van der Waals surface area contributed by atoms with Crippen molar-refractivity contribution in [2.75, 3.05) is 0 Å². The van der Waals surface area contributed by atoms with Crippen molar-refractivity contribution in [3.8, 4) is 0 Å². The Morgan fingerprint density at radius 2 is 2.07 bits per heavy atom. The van der Waals surface area contributed by atoms with Gasteiger partial charge in [-0.15, -0.1) is 0 Å². The maximum atomic E-state index is 4.36. The highest BCUT2D eigenvalue weighted by Crippen LogP contribution is 2.31. The Hall–Kier alpha value is -0.960. The predicted octanol–water partition coefficient (Wildman–Crippen LogP) is 3.38. The van der Waals surface area contributed by atoms with E-state index in [9.17, 15) is 0 Å². The second-order valence-electron chi connectivity index (χ2n) is 4.17. The maximum absolute atomic E-state index is 4.36. The topological polar surface area (TPSA) is 25.8 Å². The van der Waals surface area contributed by atoms with Crippen molar-refractivity contribution in [3.05, 3.63) is 23.8 Å². The molecule has 1 heterocycles. The van der Waals surface area contributed by atoms with Gasteiger partial charge in [-0.2, -0.15) is 8.75 Å². The van der Waals surface area contributed by atoms with Gasteiger partial charge in [-0.25, -0.2) is 0 Å². The highest BCUT2D eigenvalue weighted by Gasteiger charge is 2.21. The van der Waals surface area contributed by atoms with Crippen molar-refractivity contribution >= 4 is 22.8 Å². The van der Waals surface area contributed by atoms with E-state index >= 15 is 0 Å². The van der Waals surface area contributed by atoms with Crippen LogP contribution in [0.5, 0.6) is 0 Å². The summed E-state index contributed by atoms with van der Waals surface area (Å²) in [6.07, 6.45) is 1.11. The fourth-order valence-electron chi connectivity index (χ4n) is 1.54. The molecule has 0 radical (unpaired) electrons. The molecule has 0 atom stereocenters. The van der Waals surface area contributed by atoms with Gasteiger partial charge in [-0.05, 0) is 23.5 Å². The maximum Gasteiger partial charge on any atom is 0.108 e. The fraction of sp³-hybridized carbons (Fsp3) is 0.455. The van der Waals surface area contributed by atoms with Crippen molar-refractivity contribution in [2.24, 2.45) is 0 Å². The van der Waals surface area contributed by atoms with Gasteiger partial charge in [0.15, 0.2) is 0 Å². The zero-order chi connectivity index (χ0) is 10.2. The standard InChI is InChI=1S/C11H14N2S/c1-4-11(2,3)8-6-5-7-9-10(8)13-14-12-9/h5-7H,4H2,1-3H3. The minimum atomic E-state index is 0.190. The molecule has 0 fully saturated rings. The van der Waals surface area contributed by atoms with E-state index in [0.717, 1.165) is 17.5 Å². The lowest BCUT2D eigenvalue weighted by molar-refractivity contribution is 0.510. The van der Waals surface area contributed by atoms with Crippen molar-refractivity contribution in [3.63, 3.8) is 0 Å². The van der Waals surface area contributed by atoms with Crippen LogP contribution in [0.1, 0.15) is 32.8 Å². The van der Waals surface area contributed by atoms with E-state index in [0.29, 0.717) is 0 Å². The summed E-state index contributed by atoms with van der Waals surface area (Å²) in [7, 11) is 0. The summed E-state index contributed by atoms with van der Waals surface area (Å²) in [5.41, 5.74) is 3.60. The van der Waals surface area contributed by atoms with Gasteiger partial charge >= 0.3 is 0 Å². The predicted molar refractivity (Wildman–Crippen MR) is 60.7 cm³/mol. The molecule has 0 unspecified atom stereocenters. The van der Waals surface area contributed by atoms with Crippen LogP contribution in [0.4, 0.5) is 0 Å². The number of benzene rings is 1. The van der Waals surface area contributed by atoms with Crippen LogP contribution in [0, 0.1) is 0 Å². The summed E-state index contributed by atoms with van der Waals surface area (Å²) in [6, 6.07) is 6.25. The molecule has 2 aromatic rings. The van der Waals surface area contributed by atoms with E-state index in [4.69, 9.17) is 0 Å². The molecule has 0 aliphatic carbocycles. The van der Waals surface area contributed by atoms with E-state index in [1.54, 1.807) is 0 Å². The minimum absolute atomic E-state index is 0.190. The fourth-order valence-corrected chi connectivity index (χ4v) is 2.09. The van der Waals surface area contributed by atoms with Crippen molar-refractivity contribution < 1.29 is 0 Å². The quantitative estimate of drug-likeness (QED) is 0.752. The molecule has 0 bridgehead atoms. The number of hydrogen-bond donors (Lipinski definition) is 0. The number of aromatic nitrogens is 2. The third kappa shape index (κ3) is 1.42. The zero-order valence-electron chi connectivity index (χ0n) is 8.74. The van der Waals surface area contributed by atoms with Crippen LogP contribution in [-0.4, -0.2) is 8.75 Å². The molecule has 2 nitrogen and oxygen atoms in total. The van der Waals surface area contributed by atoms with Crippen molar-refractivity contribution in [1.82, 2.24) is 8.75 Å². The van der Waals surface area contributed by atoms with Crippen LogP contribution >= 0.6 is 11.7 Å². The monoisotopic (exact) mass is 206 g/mol. The van der Waals surface area contributed by atoms with Crippen molar-refractivity contribution in [1.29, 1.82) is 0 Å². The Morgan fingerprint density at radius 3 is 2.79 bits per heavy atom. The Morgan fingerprint density at radius 1 is 1.29 bits per heavy atom. The Kier molecular flexibility index (Phi) is 2.27. The molecule has 0 aliphatic rings. The van der Waals surface area contributed by atoms with Crippen LogP contribution in [0.2, 0.25) is 0 Å². The molecule has 1 aromatic carbocycles. The third-order valence-corrected chi connectivity index (χ3v) is 3.44. The normalized spacial score (nSPS) is 12.2. The van der Waals surface area contributed by atoms with Gasteiger partial charge in [0, 0.05) is 0 Å². The molecule has 14 heavy (non-hydrogen) atoms. The summed E-state index contributed by atoms with van der Waals surface area (Å²) in [5, 5.41) is 0. The number of nitrogens with zero attached hydrogens (tertiary/aromatic N) is 2. The van der Waals surface area contributed by atoms with E-state index in [2.05, 4.69) is 41.7 Å². The van der Waals surface area contributed by atoms with E-state index in [1.165, 1.54) is 17.3 Å². The second-order valence-corrected chi connectivity index (χ2v) is 4.70. The molecular formula is C11H14N2S. The van der Waals surface area contributed by atoms with Crippen LogP contribution in [0.25, 0.3) is 11.0 Å². The Labute approximate surface area is 88.3 Å². The lowest BCUT2D eigenvalue weighted by atomic mass is 9.81. The lowest BCUT2D eigenvalue weighted by Crippen LogP contribution is -2.15. The van der Waals surface area contributed by atoms with Gasteiger partial charge in [0.05, 0.1) is 11.7 Å². The number of fused-ring (bicyclic) bond motifs is 1. The first-order chi connectivity index (χ1) is 6.65. The smallest absolute Gasteiger partial charge is 0.108 e. The Bertz CT molecular complexity index is 445. The Balaban J connectivity index is 2.67. The zero-order valence-corrected chi connectivity index (χ0v) is 9.56. The number of rotatable bonds is 2. The SMILES string of the molecule is CCC(C)(C)c1cccc2nsnc12. The first-order valence-corrected chi connectivity index (χ1v) is 5.60. The average Bonchev–Trinajstić information content (AvgIpc) is 2.64. The van der Waals surface area contributed by atoms with Gasteiger partial charge in [0.25, 0.3) is 0 Å². The third-order valence-electron chi connectivity index (χ3n) is 2.90. The van der Waals surface area contributed by atoms with E-state index in [-0.39, 0.29) is 5.41 Å². The van der Waals surface area contributed by atoms with Gasteiger partial charge in [-0.3, -0.25) is 0 Å². The first kappa shape index (κ1) is 9.59. The number of hydrogen-bond acceptors (Lipinski definition) is 3.